The first-order valence-electron chi connectivity index (χ1n) is 6.23. The monoisotopic (exact) mass is 286 g/mol. The topological polar surface area (TPSA) is 13.7 Å². The van der Waals surface area contributed by atoms with E-state index in [2.05, 4.69) is 19.2 Å². The van der Waals surface area contributed by atoms with Crippen LogP contribution in [0.15, 0.2) is 30.4 Å². The van der Waals surface area contributed by atoms with Crippen molar-refractivity contribution in [3.63, 3.8) is 0 Å². The number of rotatable bonds is 4. The Bertz CT molecular complexity index is 434. The Morgan fingerprint density at radius 2 is 2.22 bits per heavy atom. The molecule has 1 fully saturated rings. The molecule has 2 atom stereocenters. The third-order valence-corrected chi connectivity index (χ3v) is 4.06. The van der Waals surface area contributed by atoms with Gasteiger partial charge < -0.3 is 9.64 Å². The largest absolute Gasteiger partial charge is 0.489 e. The van der Waals surface area contributed by atoms with Gasteiger partial charge in [0.15, 0.2) is 0 Å². The highest BCUT2D eigenvalue weighted by atomic mass is 35.5. The zero-order valence-corrected chi connectivity index (χ0v) is 12.0. The minimum absolute atomic E-state index is 0.526. The van der Waals surface area contributed by atoms with Gasteiger partial charge in [-0.15, -0.1) is 0 Å². The van der Waals surface area contributed by atoms with Crippen LogP contribution in [0.1, 0.15) is 12.8 Å². The van der Waals surface area contributed by atoms with Crippen LogP contribution in [-0.4, -0.2) is 26.2 Å². The maximum Gasteiger partial charge on any atom is 0.121 e. The van der Waals surface area contributed by atoms with Crippen molar-refractivity contribution in [3.05, 3.63) is 40.4 Å². The van der Waals surface area contributed by atoms with Crippen molar-refractivity contribution in [3.8, 4) is 5.75 Å². The van der Waals surface area contributed by atoms with Crippen LogP contribution < -0.4 is 9.64 Å². The van der Waals surface area contributed by atoms with Crippen molar-refractivity contribution in [2.24, 2.45) is 0 Å². The Morgan fingerprint density at radius 3 is 2.89 bits per heavy atom. The van der Waals surface area contributed by atoms with Gasteiger partial charge in [0, 0.05) is 18.9 Å². The molecular formula is C14H18Cl2NO+. The molecule has 1 aliphatic rings. The molecule has 0 bridgehead atoms. The normalized spacial score (nSPS) is 23.7. The summed E-state index contributed by atoms with van der Waals surface area (Å²) in [5.41, 5.74) is 0. The minimum atomic E-state index is 0.526. The third-order valence-electron chi connectivity index (χ3n) is 3.32. The molecule has 0 amide bonds. The molecule has 0 saturated carbocycles. The molecule has 2 nitrogen and oxygen atoms in total. The summed E-state index contributed by atoms with van der Waals surface area (Å²) < 4.78 is 5.60. The number of likely N-dealkylation sites (tertiary alicyclic amines) is 1. The van der Waals surface area contributed by atoms with Crippen LogP contribution in [0.4, 0.5) is 0 Å². The van der Waals surface area contributed by atoms with Crippen LogP contribution in [0.2, 0.25) is 10.0 Å². The molecule has 0 aromatic heterocycles. The molecule has 1 unspecified atom stereocenters. The van der Waals surface area contributed by atoms with Crippen molar-refractivity contribution in [1.82, 2.24) is 0 Å². The lowest BCUT2D eigenvalue weighted by atomic mass is 10.2. The van der Waals surface area contributed by atoms with Gasteiger partial charge in [0.05, 0.1) is 23.6 Å². The predicted molar refractivity (Wildman–Crippen MR) is 75.9 cm³/mol. The number of ether oxygens (including phenoxy) is 1. The quantitative estimate of drug-likeness (QED) is 0.840. The fourth-order valence-electron chi connectivity index (χ4n) is 2.22. The van der Waals surface area contributed by atoms with E-state index in [-0.39, 0.29) is 0 Å². The zero-order valence-electron chi connectivity index (χ0n) is 10.5. The number of quaternary nitrogens is 1. The van der Waals surface area contributed by atoms with E-state index in [1.807, 2.05) is 6.07 Å². The number of likely N-dealkylation sites (N-methyl/N-ethyl adjacent to an activating group) is 1. The summed E-state index contributed by atoms with van der Waals surface area (Å²) in [4.78, 5) is 1.58. The summed E-state index contributed by atoms with van der Waals surface area (Å²) in [6, 6.07) is 5.96. The van der Waals surface area contributed by atoms with Crippen LogP contribution in [-0.2, 0) is 0 Å². The van der Waals surface area contributed by atoms with Crippen LogP contribution in [0.3, 0.4) is 0 Å². The molecule has 1 aromatic rings. The molecule has 1 aliphatic heterocycles. The highest BCUT2D eigenvalue weighted by molar-refractivity contribution is 6.42. The molecule has 4 heteroatoms. The van der Waals surface area contributed by atoms with Gasteiger partial charge in [-0.25, -0.2) is 0 Å². The van der Waals surface area contributed by atoms with E-state index >= 15 is 0 Å². The van der Waals surface area contributed by atoms with Crippen molar-refractivity contribution in [1.29, 1.82) is 0 Å². The second-order valence-electron chi connectivity index (χ2n) is 4.66. The molecule has 2 rings (SSSR count). The van der Waals surface area contributed by atoms with E-state index in [1.54, 1.807) is 17.0 Å². The molecule has 98 valence electrons. The first-order valence-corrected chi connectivity index (χ1v) is 6.99. The Morgan fingerprint density at radius 1 is 1.39 bits per heavy atom. The fourth-order valence-corrected chi connectivity index (χ4v) is 2.51. The van der Waals surface area contributed by atoms with Crippen molar-refractivity contribution < 1.29 is 9.64 Å². The van der Waals surface area contributed by atoms with Crippen molar-refractivity contribution in [2.45, 2.75) is 18.9 Å². The number of halogens is 2. The van der Waals surface area contributed by atoms with Crippen LogP contribution in [0.25, 0.3) is 0 Å². The smallest absolute Gasteiger partial charge is 0.121 e. The fraction of sp³-hybridized carbons (Fsp3) is 0.429. The molecule has 0 aliphatic carbocycles. The summed E-state index contributed by atoms with van der Waals surface area (Å²) in [6.45, 7) is 1.84. The summed E-state index contributed by atoms with van der Waals surface area (Å²) in [5, 5.41) is 1.08. The van der Waals surface area contributed by atoms with E-state index < -0.39 is 0 Å². The zero-order chi connectivity index (χ0) is 13.0. The van der Waals surface area contributed by atoms with Crippen LogP contribution >= 0.6 is 23.2 Å². The van der Waals surface area contributed by atoms with Crippen molar-refractivity contribution in [2.75, 3.05) is 20.2 Å². The summed E-state index contributed by atoms with van der Waals surface area (Å²) in [7, 11) is 2.24. The van der Waals surface area contributed by atoms with E-state index in [4.69, 9.17) is 27.9 Å². The lowest BCUT2D eigenvalue weighted by molar-refractivity contribution is -0.885. The third kappa shape index (κ3) is 3.64. The molecule has 0 spiro atoms. The van der Waals surface area contributed by atoms with Crippen molar-refractivity contribution >= 4 is 23.2 Å². The Kier molecular flexibility index (Phi) is 4.93. The molecule has 18 heavy (non-hydrogen) atoms. The number of hydrogen-bond acceptors (Lipinski definition) is 1. The van der Waals surface area contributed by atoms with E-state index in [9.17, 15) is 0 Å². The minimum Gasteiger partial charge on any atom is -0.489 e. The van der Waals surface area contributed by atoms with Crippen LogP contribution in [0.5, 0.6) is 5.75 Å². The molecule has 1 heterocycles. The summed E-state index contributed by atoms with van der Waals surface area (Å²) in [5.74, 6) is 0.751. The van der Waals surface area contributed by atoms with Gasteiger partial charge in [0.1, 0.15) is 18.4 Å². The van der Waals surface area contributed by atoms with Gasteiger partial charge in [0.25, 0.3) is 0 Å². The molecule has 1 aromatic carbocycles. The summed E-state index contributed by atoms with van der Waals surface area (Å²) >= 11 is 11.8. The first-order chi connectivity index (χ1) is 8.66. The second-order valence-corrected chi connectivity index (χ2v) is 5.47. The standard InChI is InChI=1S/C14H17Cl2NO/c1-17-8-2-4-11(17)5-3-9-18-12-6-7-13(15)14(16)10-12/h3,5-7,10-11H,2,4,8-9H2,1H3/p+1/b5-3+/t11-/m0/s1. The maximum atomic E-state index is 5.92. The number of hydrogen-bond donors (Lipinski definition) is 1. The van der Waals surface area contributed by atoms with E-state index in [0.717, 1.165) is 5.75 Å². The Labute approximate surface area is 118 Å². The second kappa shape index (κ2) is 6.46. The predicted octanol–water partition coefficient (Wildman–Crippen LogP) is 2.61. The number of nitrogens with one attached hydrogen (secondary N) is 1. The van der Waals surface area contributed by atoms with Gasteiger partial charge >= 0.3 is 0 Å². The molecule has 1 saturated heterocycles. The molecular weight excluding hydrogens is 269 g/mol. The highest BCUT2D eigenvalue weighted by Gasteiger charge is 2.21. The van der Waals surface area contributed by atoms with E-state index in [0.29, 0.717) is 22.7 Å². The average molecular weight is 287 g/mol. The average Bonchev–Trinajstić information content (AvgIpc) is 2.75. The molecule has 1 N–H and O–H groups in total. The first kappa shape index (κ1) is 13.7. The highest BCUT2D eigenvalue weighted by Crippen LogP contribution is 2.26. The van der Waals surface area contributed by atoms with E-state index in [1.165, 1.54) is 19.4 Å². The van der Waals surface area contributed by atoms with Gasteiger partial charge in [-0.3, -0.25) is 0 Å². The van der Waals surface area contributed by atoms with Gasteiger partial charge in [-0.2, -0.15) is 0 Å². The Hall–Kier alpha value is -0.700. The number of benzene rings is 1. The SMILES string of the molecule is C[NH+]1CCC[C@H]1/C=C/COc1ccc(Cl)c(Cl)c1. The lowest BCUT2D eigenvalue weighted by Crippen LogP contribution is -3.10. The van der Waals surface area contributed by atoms with Gasteiger partial charge in [0.2, 0.25) is 0 Å². The van der Waals surface area contributed by atoms with Gasteiger partial charge in [-0.05, 0) is 24.3 Å². The maximum absolute atomic E-state index is 5.92. The van der Waals surface area contributed by atoms with Gasteiger partial charge in [-0.1, -0.05) is 23.2 Å². The molecule has 0 radical (unpaired) electrons. The summed E-state index contributed by atoms with van der Waals surface area (Å²) in [6.07, 6.45) is 6.92. The lowest BCUT2D eigenvalue weighted by Gasteiger charge is -2.12. The Balaban J connectivity index is 1.81. The van der Waals surface area contributed by atoms with Crippen LogP contribution in [0, 0.1) is 0 Å².